The third-order valence-electron chi connectivity index (χ3n) is 6.49. The summed E-state index contributed by atoms with van der Waals surface area (Å²) in [6, 6.07) is 13.8. The molecule has 2 saturated heterocycles. The van der Waals surface area contributed by atoms with Crippen LogP contribution < -0.4 is 10.1 Å². The third-order valence-corrected chi connectivity index (χ3v) is 6.49. The number of rotatable bonds is 4. The molecule has 3 fully saturated rings. The first-order chi connectivity index (χ1) is 14.6. The van der Waals surface area contributed by atoms with Crippen LogP contribution in [0.1, 0.15) is 37.2 Å². The summed E-state index contributed by atoms with van der Waals surface area (Å²) in [5, 5.41) is 2.86. The van der Waals surface area contributed by atoms with E-state index in [4.69, 9.17) is 9.47 Å². The molecule has 1 spiro atoms. The van der Waals surface area contributed by atoms with Crippen molar-refractivity contribution < 1.29 is 19.1 Å². The molecule has 2 amide bonds. The highest BCUT2D eigenvalue weighted by atomic mass is 16.6. The minimum absolute atomic E-state index is 0.00609. The summed E-state index contributed by atoms with van der Waals surface area (Å²) < 4.78 is 10.8. The molecule has 30 heavy (non-hydrogen) atoms. The first-order valence-electron chi connectivity index (χ1n) is 10.5. The summed E-state index contributed by atoms with van der Waals surface area (Å²) in [5.41, 5.74) is 0.985. The Labute approximate surface area is 175 Å². The average Bonchev–Trinajstić information content (AvgIpc) is 3.16. The van der Waals surface area contributed by atoms with Crippen molar-refractivity contribution in [2.24, 2.45) is 5.92 Å². The van der Waals surface area contributed by atoms with E-state index in [1.807, 2.05) is 35.2 Å². The quantitative estimate of drug-likeness (QED) is 0.839. The fourth-order valence-corrected chi connectivity index (χ4v) is 4.80. The molecule has 1 saturated carbocycles. The number of hydrogen-bond acceptors (Lipinski definition) is 5. The maximum Gasteiger partial charge on any atom is 0.407 e. The topological polar surface area (TPSA) is 80.8 Å². The van der Waals surface area contributed by atoms with Crippen LogP contribution in [0.3, 0.4) is 0 Å². The highest BCUT2D eigenvalue weighted by Crippen LogP contribution is 2.42. The predicted octanol–water partition coefficient (Wildman–Crippen LogP) is 3.47. The van der Waals surface area contributed by atoms with Crippen molar-refractivity contribution >= 4 is 12.0 Å². The molecule has 1 N–H and O–H groups in total. The number of benzene rings is 1. The second kappa shape index (κ2) is 7.63. The fraction of sp³-hybridized carbons (Fsp3) is 0.435. The number of nitrogens with one attached hydrogen (secondary N) is 1. The number of likely N-dealkylation sites (tertiary alicyclic amines) is 1. The zero-order chi connectivity index (χ0) is 20.6. The van der Waals surface area contributed by atoms with Crippen molar-refractivity contribution in [1.82, 2.24) is 15.2 Å². The van der Waals surface area contributed by atoms with Gasteiger partial charge in [0.2, 0.25) is 11.8 Å². The molecule has 0 radical (unpaired) electrons. The second-order valence-electron chi connectivity index (χ2n) is 8.53. The number of pyridine rings is 1. The number of nitrogens with zero attached hydrogens (tertiary/aromatic N) is 2. The van der Waals surface area contributed by atoms with Crippen LogP contribution in [0, 0.1) is 5.92 Å². The molecule has 2 aliphatic heterocycles. The molecule has 7 heteroatoms. The lowest BCUT2D eigenvalue weighted by atomic mass is 9.68. The van der Waals surface area contributed by atoms with E-state index in [2.05, 4.69) is 22.4 Å². The fourth-order valence-electron chi connectivity index (χ4n) is 4.80. The van der Waals surface area contributed by atoms with Gasteiger partial charge in [-0.3, -0.25) is 4.79 Å². The minimum Gasteiger partial charge on any atom is -0.447 e. The predicted molar refractivity (Wildman–Crippen MR) is 109 cm³/mol. The zero-order valence-corrected chi connectivity index (χ0v) is 16.8. The van der Waals surface area contributed by atoms with Crippen molar-refractivity contribution in [2.75, 3.05) is 19.7 Å². The Bertz CT molecular complexity index is 917. The van der Waals surface area contributed by atoms with Crippen molar-refractivity contribution in [2.45, 2.75) is 37.1 Å². The van der Waals surface area contributed by atoms with Gasteiger partial charge in [0, 0.05) is 31.3 Å². The highest BCUT2D eigenvalue weighted by Gasteiger charge is 2.53. The molecule has 7 nitrogen and oxygen atoms in total. The van der Waals surface area contributed by atoms with Gasteiger partial charge >= 0.3 is 6.09 Å². The maximum absolute atomic E-state index is 12.8. The number of amides is 2. The van der Waals surface area contributed by atoms with Gasteiger partial charge in [0.1, 0.15) is 12.4 Å². The van der Waals surface area contributed by atoms with Gasteiger partial charge in [-0.1, -0.05) is 18.2 Å². The molecular formula is C23H25N3O4. The molecule has 1 aromatic carbocycles. The van der Waals surface area contributed by atoms with Crippen molar-refractivity contribution in [3.63, 3.8) is 0 Å². The van der Waals surface area contributed by atoms with Crippen molar-refractivity contribution in [3.8, 4) is 11.6 Å². The van der Waals surface area contributed by atoms with Crippen LogP contribution >= 0.6 is 0 Å². The molecule has 2 aromatic rings. The standard InChI is InChI=1S/C23H25N3O4/c27-21(18-13-23(14-18)15-29-22(28)25-23)26-11-8-17(9-12-26)16-4-6-19(7-5-16)30-20-3-1-2-10-24-20/h1-7,10,17-18H,8-9,11-15H2,(H,25,28)/t18-,23+. The number of alkyl carbamates (subject to hydrolysis) is 1. The van der Waals surface area contributed by atoms with Gasteiger partial charge in [0.15, 0.2) is 0 Å². The molecule has 3 heterocycles. The van der Waals surface area contributed by atoms with E-state index >= 15 is 0 Å². The third kappa shape index (κ3) is 3.72. The van der Waals surface area contributed by atoms with Crippen molar-refractivity contribution in [1.29, 1.82) is 0 Å². The van der Waals surface area contributed by atoms with Crippen LogP contribution in [-0.2, 0) is 9.53 Å². The highest BCUT2D eigenvalue weighted by molar-refractivity contribution is 5.81. The SMILES string of the molecule is O=C1N[C@]2(CO1)C[C@H](C(=O)N1CCC(c3ccc(Oc4ccccn4)cc3)CC1)C2. The van der Waals surface area contributed by atoms with E-state index in [0.717, 1.165) is 31.7 Å². The Morgan fingerprint density at radius 3 is 2.53 bits per heavy atom. The molecule has 1 aliphatic carbocycles. The number of aromatic nitrogens is 1. The number of hydrogen-bond donors (Lipinski definition) is 1. The molecule has 156 valence electrons. The van der Waals surface area contributed by atoms with E-state index in [1.165, 1.54) is 5.56 Å². The van der Waals surface area contributed by atoms with Gasteiger partial charge in [0.25, 0.3) is 0 Å². The normalized spacial score (nSPS) is 26.1. The number of carbonyl (C=O) groups excluding carboxylic acids is 2. The first-order valence-corrected chi connectivity index (χ1v) is 10.5. The van der Waals surface area contributed by atoms with Crippen LogP contribution in [0.5, 0.6) is 11.6 Å². The summed E-state index contributed by atoms with van der Waals surface area (Å²) in [4.78, 5) is 30.3. The summed E-state index contributed by atoms with van der Waals surface area (Å²) in [7, 11) is 0. The number of piperidine rings is 1. The largest absolute Gasteiger partial charge is 0.447 e. The van der Waals surface area contributed by atoms with Gasteiger partial charge in [-0.2, -0.15) is 0 Å². The molecule has 0 unspecified atom stereocenters. The molecule has 3 aliphatic rings. The Hall–Kier alpha value is -3.09. The average molecular weight is 407 g/mol. The molecule has 5 rings (SSSR count). The molecule has 0 bridgehead atoms. The maximum atomic E-state index is 12.8. The van der Waals surface area contributed by atoms with E-state index in [-0.39, 0.29) is 23.5 Å². The summed E-state index contributed by atoms with van der Waals surface area (Å²) in [5.74, 6) is 2.03. The minimum atomic E-state index is -0.363. The number of carbonyl (C=O) groups is 2. The molecule has 0 atom stereocenters. The Morgan fingerprint density at radius 2 is 1.90 bits per heavy atom. The van der Waals surface area contributed by atoms with Gasteiger partial charge in [-0.15, -0.1) is 0 Å². The lowest BCUT2D eigenvalue weighted by Gasteiger charge is -2.45. The summed E-state index contributed by atoms with van der Waals surface area (Å²) in [6.07, 6.45) is 4.65. The van der Waals surface area contributed by atoms with Crippen LogP contribution in [0.4, 0.5) is 4.79 Å². The second-order valence-corrected chi connectivity index (χ2v) is 8.53. The Morgan fingerprint density at radius 1 is 1.13 bits per heavy atom. The first kappa shape index (κ1) is 18.9. The van der Waals surface area contributed by atoms with Crippen LogP contribution in [0.15, 0.2) is 48.7 Å². The van der Waals surface area contributed by atoms with Crippen LogP contribution in [-0.4, -0.2) is 47.1 Å². The van der Waals surface area contributed by atoms with Crippen LogP contribution in [0.25, 0.3) is 0 Å². The monoisotopic (exact) mass is 407 g/mol. The van der Waals surface area contributed by atoms with E-state index in [0.29, 0.717) is 31.2 Å². The summed E-state index contributed by atoms with van der Waals surface area (Å²) >= 11 is 0. The lowest BCUT2D eigenvalue weighted by molar-refractivity contribution is -0.142. The van der Waals surface area contributed by atoms with E-state index in [1.54, 1.807) is 6.20 Å². The van der Waals surface area contributed by atoms with Crippen molar-refractivity contribution in [3.05, 3.63) is 54.2 Å². The zero-order valence-electron chi connectivity index (χ0n) is 16.8. The van der Waals surface area contributed by atoms with E-state index < -0.39 is 0 Å². The van der Waals surface area contributed by atoms with Gasteiger partial charge < -0.3 is 19.7 Å². The Kier molecular flexibility index (Phi) is 4.81. The number of cyclic esters (lactones) is 1. The lowest BCUT2D eigenvalue weighted by Crippen LogP contribution is -2.58. The Balaban J connectivity index is 1.12. The number of ether oxygens (including phenoxy) is 2. The van der Waals surface area contributed by atoms with Gasteiger partial charge in [0.05, 0.1) is 5.54 Å². The van der Waals surface area contributed by atoms with Crippen LogP contribution in [0.2, 0.25) is 0 Å². The van der Waals surface area contributed by atoms with E-state index in [9.17, 15) is 9.59 Å². The van der Waals surface area contributed by atoms with Gasteiger partial charge in [-0.25, -0.2) is 9.78 Å². The molecular weight excluding hydrogens is 382 g/mol. The smallest absolute Gasteiger partial charge is 0.407 e. The summed E-state index contributed by atoms with van der Waals surface area (Å²) in [6.45, 7) is 1.95. The van der Waals surface area contributed by atoms with Gasteiger partial charge in [-0.05, 0) is 55.4 Å². The molecule has 1 aromatic heterocycles.